The zero-order chi connectivity index (χ0) is 4.24. The van der Waals surface area contributed by atoms with Crippen LogP contribution in [0.15, 0.2) is 0 Å². The van der Waals surface area contributed by atoms with Crippen molar-refractivity contribution in [1.82, 2.24) is 0 Å². The van der Waals surface area contributed by atoms with Gasteiger partial charge in [-0.05, 0) is 6.42 Å². The van der Waals surface area contributed by atoms with Crippen LogP contribution in [0.25, 0.3) is 0 Å². The highest BCUT2D eigenvalue weighted by Gasteiger charge is 1.97. The van der Waals surface area contributed by atoms with Crippen molar-refractivity contribution in [2.45, 2.75) is 6.42 Å². The van der Waals surface area contributed by atoms with E-state index in [1.54, 1.807) is 10.8 Å². The summed E-state index contributed by atoms with van der Waals surface area (Å²) < 4.78 is 4.92. The Labute approximate surface area is 45.4 Å². The van der Waals surface area contributed by atoms with Crippen molar-refractivity contribution in [2.75, 3.05) is 6.61 Å². The van der Waals surface area contributed by atoms with Crippen LogP contribution in [0, 0.1) is 5.75 Å². The molecule has 1 aliphatic rings. The summed E-state index contributed by atoms with van der Waals surface area (Å²) in [7, 11) is 1.66. The Morgan fingerprint density at radius 1 is 1.67 bits per heavy atom. The second-order valence-corrected chi connectivity index (χ2v) is 2.82. The highest BCUT2D eigenvalue weighted by atomic mass is 33.1. The van der Waals surface area contributed by atoms with E-state index in [1.807, 2.05) is 0 Å². The third-order valence-corrected chi connectivity index (χ3v) is 2.12. The molecular formula is C3H5OS2. The topological polar surface area (TPSA) is 9.23 Å². The maximum Gasteiger partial charge on any atom is 0.0635 e. The monoisotopic (exact) mass is 121 g/mol. The van der Waals surface area contributed by atoms with Gasteiger partial charge in [-0.1, -0.05) is 10.8 Å². The van der Waals surface area contributed by atoms with Crippen LogP contribution in [0.2, 0.25) is 0 Å². The van der Waals surface area contributed by atoms with Gasteiger partial charge in [-0.3, -0.25) is 0 Å². The Kier molecular flexibility index (Phi) is 2.22. The zero-order valence-corrected chi connectivity index (χ0v) is 4.85. The van der Waals surface area contributed by atoms with E-state index in [1.165, 1.54) is 11.1 Å². The Morgan fingerprint density at radius 3 is 2.83 bits per heavy atom. The first-order valence-corrected chi connectivity index (χ1v) is 3.90. The fourth-order valence-electron chi connectivity index (χ4n) is 0.234. The normalized spacial score (nSPS) is 24.0. The van der Waals surface area contributed by atoms with Crippen molar-refractivity contribution >= 4 is 21.9 Å². The summed E-state index contributed by atoms with van der Waals surface area (Å²) in [4.78, 5) is 0. The lowest BCUT2D eigenvalue weighted by molar-refractivity contribution is 0.383. The van der Waals surface area contributed by atoms with Gasteiger partial charge in [-0.15, -0.1) is 0 Å². The minimum Gasteiger partial charge on any atom is -0.305 e. The van der Waals surface area contributed by atoms with Gasteiger partial charge in [-0.2, -0.15) is 0 Å². The molecule has 0 aromatic heterocycles. The molecule has 1 aliphatic heterocycles. The molecule has 0 saturated carbocycles. The average Bonchev–Trinajstić information content (AvgIpc) is 1.72. The fourth-order valence-corrected chi connectivity index (χ4v) is 1.53. The molecule has 0 bridgehead atoms. The summed E-state index contributed by atoms with van der Waals surface area (Å²) in [5.41, 5.74) is 0. The average molecular weight is 121 g/mol. The fraction of sp³-hybridized carbons (Fsp3) is 0.667. The van der Waals surface area contributed by atoms with Gasteiger partial charge >= 0.3 is 0 Å². The molecule has 0 unspecified atom stereocenters. The van der Waals surface area contributed by atoms with Gasteiger partial charge in [0.05, 0.1) is 17.7 Å². The lowest BCUT2D eigenvalue weighted by Crippen LogP contribution is -1.87. The molecule has 0 N–H and O–H groups in total. The van der Waals surface area contributed by atoms with Crippen LogP contribution in [0.1, 0.15) is 6.42 Å². The van der Waals surface area contributed by atoms with Gasteiger partial charge in [0.2, 0.25) is 0 Å². The third kappa shape index (κ3) is 1.41. The van der Waals surface area contributed by atoms with Gasteiger partial charge in [0, 0.05) is 5.75 Å². The summed E-state index contributed by atoms with van der Waals surface area (Å²) in [6, 6.07) is 0. The van der Waals surface area contributed by atoms with Gasteiger partial charge in [0.1, 0.15) is 0 Å². The first-order valence-electron chi connectivity index (χ1n) is 1.77. The van der Waals surface area contributed by atoms with Gasteiger partial charge in [0.15, 0.2) is 0 Å². The maximum absolute atomic E-state index is 4.92. The Bertz CT molecular complexity index is 24.3. The molecule has 1 radical (unpaired) electrons. The van der Waals surface area contributed by atoms with E-state index in [9.17, 15) is 0 Å². The molecule has 3 heteroatoms. The molecule has 35 valence electrons. The Morgan fingerprint density at radius 2 is 2.67 bits per heavy atom. The van der Waals surface area contributed by atoms with E-state index < -0.39 is 0 Å². The van der Waals surface area contributed by atoms with Gasteiger partial charge < -0.3 is 4.18 Å². The molecule has 1 fully saturated rings. The van der Waals surface area contributed by atoms with E-state index in [4.69, 9.17) is 4.18 Å². The van der Waals surface area contributed by atoms with Crippen molar-refractivity contribution in [3.8, 4) is 0 Å². The SMILES string of the molecule is [CH]1CCOSS1. The van der Waals surface area contributed by atoms with E-state index >= 15 is 0 Å². The van der Waals surface area contributed by atoms with Crippen molar-refractivity contribution in [3.05, 3.63) is 5.75 Å². The van der Waals surface area contributed by atoms with Crippen LogP contribution < -0.4 is 0 Å². The molecule has 0 spiro atoms. The lowest BCUT2D eigenvalue weighted by atomic mass is 10.5. The van der Waals surface area contributed by atoms with Crippen molar-refractivity contribution in [3.63, 3.8) is 0 Å². The molecule has 0 aromatic rings. The first-order chi connectivity index (χ1) is 3.00. The minimum absolute atomic E-state index is 0.887. The van der Waals surface area contributed by atoms with E-state index in [0.29, 0.717) is 0 Å². The minimum atomic E-state index is 0.887. The smallest absolute Gasteiger partial charge is 0.0635 e. The largest absolute Gasteiger partial charge is 0.305 e. The molecule has 0 aliphatic carbocycles. The summed E-state index contributed by atoms with van der Waals surface area (Å²) >= 11 is 1.46. The molecule has 1 nitrogen and oxygen atoms in total. The lowest BCUT2D eigenvalue weighted by Gasteiger charge is -2.04. The standard InChI is InChI=1S/C3H5OS2/c1-2-4-6-5-3-1/h3H,1-2H2. The highest BCUT2D eigenvalue weighted by molar-refractivity contribution is 8.75. The Balaban J connectivity index is 2.00. The van der Waals surface area contributed by atoms with Crippen LogP contribution in [-0.4, -0.2) is 6.61 Å². The van der Waals surface area contributed by atoms with Gasteiger partial charge in [-0.25, -0.2) is 0 Å². The number of hydrogen-bond acceptors (Lipinski definition) is 3. The third-order valence-electron chi connectivity index (χ3n) is 0.474. The van der Waals surface area contributed by atoms with Gasteiger partial charge in [0.25, 0.3) is 0 Å². The molecule has 1 rings (SSSR count). The van der Waals surface area contributed by atoms with E-state index in [0.717, 1.165) is 13.0 Å². The predicted molar refractivity (Wildman–Crippen MR) is 30.1 cm³/mol. The summed E-state index contributed by atoms with van der Waals surface area (Å²) in [6.45, 7) is 0.887. The van der Waals surface area contributed by atoms with Crippen molar-refractivity contribution in [2.24, 2.45) is 0 Å². The molecule has 6 heavy (non-hydrogen) atoms. The number of hydrogen-bond donors (Lipinski definition) is 0. The van der Waals surface area contributed by atoms with Crippen molar-refractivity contribution < 1.29 is 4.18 Å². The predicted octanol–water partition coefficient (Wildman–Crippen LogP) is 1.86. The molecule has 1 heterocycles. The number of rotatable bonds is 0. The van der Waals surface area contributed by atoms with E-state index in [-0.39, 0.29) is 0 Å². The maximum atomic E-state index is 4.92. The van der Waals surface area contributed by atoms with Crippen LogP contribution in [-0.2, 0) is 4.18 Å². The first kappa shape index (κ1) is 4.81. The highest BCUT2D eigenvalue weighted by Crippen LogP contribution is 2.30. The van der Waals surface area contributed by atoms with Crippen LogP contribution in [0.5, 0.6) is 0 Å². The van der Waals surface area contributed by atoms with Crippen LogP contribution >= 0.6 is 21.9 Å². The summed E-state index contributed by atoms with van der Waals surface area (Å²) in [6.07, 6.45) is 1.09. The van der Waals surface area contributed by atoms with Crippen LogP contribution in [0.3, 0.4) is 0 Å². The summed E-state index contributed by atoms with van der Waals surface area (Å²) in [5, 5.41) is 0. The molecule has 0 amide bonds. The molecule has 1 saturated heterocycles. The molecule has 0 aromatic carbocycles. The quantitative estimate of drug-likeness (QED) is 0.357. The summed E-state index contributed by atoms with van der Waals surface area (Å²) in [5.74, 6) is 2.15. The van der Waals surface area contributed by atoms with E-state index in [2.05, 4.69) is 5.75 Å². The van der Waals surface area contributed by atoms with Crippen molar-refractivity contribution in [1.29, 1.82) is 0 Å². The zero-order valence-electron chi connectivity index (χ0n) is 3.22. The second kappa shape index (κ2) is 2.77. The second-order valence-electron chi connectivity index (χ2n) is 0.942. The molecular weight excluding hydrogens is 116 g/mol. The molecule has 0 atom stereocenters. The Hall–Kier alpha value is 0.660. The van der Waals surface area contributed by atoms with Crippen LogP contribution in [0.4, 0.5) is 0 Å².